The monoisotopic (exact) mass is 379 g/mol. The van der Waals surface area contributed by atoms with Crippen molar-refractivity contribution in [3.05, 3.63) is 54.2 Å². The van der Waals surface area contributed by atoms with Crippen LogP contribution in [0, 0.1) is 0 Å². The van der Waals surface area contributed by atoms with Gasteiger partial charge < -0.3 is 15.4 Å². The van der Waals surface area contributed by atoms with Gasteiger partial charge in [-0.3, -0.25) is 10.00 Å². The molecular weight excluding hydrogens is 354 g/mol. The van der Waals surface area contributed by atoms with Crippen molar-refractivity contribution in [2.24, 2.45) is 0 Å². The molecule has 1 atom stereocenters. The number of nitrogens with zero attached hydrogens (tertiary/aromatic N) is 2. The van der Waals surface area contributed by atoms with Crippen molar-refractivity contribution in [3.63, 3.8) is 0 Å². The Morgan fingerprint density at radius 2 is 2.14 bits per heavy atom. The second-order valence-corrected chi connectivity index (χ2v) is 7.17. The number of hydrogen-bond donors (Lipinski definition) is 3. The first-order valence-corrected chi connectivity index (χ1v) is 9.60. The molecule has 3 aromatic rings. The topological polar surface area (TPSA) is 82.3 Å². The van der Waals surface area contributed by atoms with Gasteiger partial charge in [0.05, 0.1) is 11.7 Å². The van der Waals surface area contributed by atoms with Crippen LogP contribution in [0.1, 0.15) is 18.4 Å². The molecule has 1 amide bonds. The Hall–Kier alpha value is -3.06. The molecule has 146 valence electrons. The molecule has 2 aromatic carbocycles. The number of carbonyl (C=O) groups is 1. The SMILES string of the molecule is CNC(=O)Oc1ccc(CN2CCCC(Nc3ccc4[nH]ncc4c3)C2)cc1. The third-order valence-corrected chi connectivity index (χ3v) is 5.06. The smallest absolute Gasteiger partial charge is 0.410 e. The maximum absolute atomic E-state index is 11.3. The summed E-state index contributed by atoms with van der Waals surface area (Å²) in [6.45, 7) is 2.98. The van der Waals surface area contributed by atoms with Crippen LogP contribution in [0.5, 0.6) is 5.75 Å². The standard InChI is InChI=1S/C21H25N5O2/c1-22-21(27)28-19-7-4-15(5-8-19)13-26-10-2-3-18(14-26)24-17-6-9-20-16(11-17)12-23-25-20/h4-9,11-12,18,24H,2-3,10,13-14H2,1H3,(H,22,27)(H,23,25). The number of rotatable bonds is 5. The lowest BCUT2D eigenvalue weighted by Gasteiger charge is -2.33. The van der Waals surface area contributed by atoms with Crippen molar-refractivity contribution < 1.29 is 9.53 Å². The second-order valence-electron chi connectivity index (χ2n) is 7.17. The van der Waals surface area contributed by atoms with Gasteiger partial charge in [-0.1, -0.05) is 12.1 Å². The fourth-order valence-electron chi connectivity index (χ4n) is 3.66. The lowest BCUT2D eigenvalue weighted by atomic mass is 10.0. The molecule has 0 aliphatic carbocycles. The number of H-pyrrole nitrogens is 1. The van der Waals surface area contributed by atoms with Crippen LogP contribution in [-0.4, -0.2) is 47.4 Å². The zero-order valence-electron chi connectivity index (χ0n) is 15.9. The molecule has 1 saturated heterocycles. The zero-order chi connectivity index (χ0) is 19.3. The molecule has 0 bridgehead atoms. The summed E-state index contributed by atoms with van der Waals surface area (Å²) < 4.78 is 5.14. The van der Waals surface area contributed by atoms with Gasteiger partial charge in [-0.15, -0.1) is 0 Å². The van der Waals surface area contributed by atoms with E-state index in [-0.39, 0.29) is 0 Å². The van der Waals surface area contributed by atoms with E-state index in [0.29, 0.717) is 11.8 Å². The fourth-order valence-corrected chi connectivity index (χ4v) is 3.66. The van der Waals surface area contributed by atoms with Crippen molar-refractivity contribution in [3.8, 4) is 5.75 Å². The van der Waals surface area contributed by atoms with Crippen LogP contribution in [0.4, 0.5) is 10.5 Å². The van der Waals surface area contributed by atoms with Crippen LogP contribution >= 0.6 is 0 Å². The van der Waals surface area contributed by atoms with Crippen LogP contribution in [0.2, 0.25) is 0 Å². The summed E-state index contributed by atoms with van der Waals surface area (Å²) in [5.41, 5.74) is 3.40. The van der Waals surface area contributed by atoms with Crippen molar-refractivity contribution in [2.75, 3.05) is 25.5 Å². The highest BCUT2D eigenvalue weighted by atomic mass is 16.5. The molecule has 1 unspecified atom stereocenters. The van der Waals surface area contributed by atoms with Gasteiger partial charge in [-0.2, -0.15) is 5.10 Å². The van der Waals surface area contributed by atoms with Crippen molar-refractivity contribution in [1.29, 1.82) is 0 Å². The van der Waals surface area contributed by atoms with E-state index in [2.05, 4.69) is 43.9 Å². The first-order chi connectivity index (χ1) is 13.7. The highest BCUT2D eigenvalue weighted by Gasteiger charge is 2.20. The van der Waals surface area contributed by atoms with E-state index in [9.17, 15) is 4.79 Å². The first-order valence-electron chi connectivity index (χ1n) is 9.60. The highest BCUT2D eigenvalue weighted by Crippen LogP contribution is 2.22. The number of aromatic amines is 1. The van der Waals surface area contributed by atoms with E-state index in [0.717, 1.165) is 36.2 Å². The number of piperidine rings is 1. The van der Waals surface area contributed by atoms with Crippen LogP contribution < -0.4 is 15.4 Å². The Balaban J connectivity index is 1.33. The van der Waals surface area contributed by atoms with Crippen LogP contribution in [0.3, 0.4) is 0 Å². The summed E-state index contributed by atoms with van der Waals surface area (Å²) in [6, 6.07) is 14.4. The molecular formula is C21H25N5O2. The van der Waals surface area contributed by atoms with Gasteiger partial charge in [0, 0.05) is 37.3 Å². The Morgan fingerprint density at radius 1 is 1.29 bits per heavy atom. The van der Waals surface area contributed by atoms with Gasteiger partial charge in [-0.05, 0) is 55.3 Å². The Kier molecular flexibility index (Phi) is 5.43. The average molecular weight is 379 g/mol. The minimum absolute atomic E-state index is 0.425. The number of aromatic nitrogens is 2. The van der Waals surface area contributed by atoms with Crippen molar-refractivity contribution in [1.82, 2.24) is 20.4 Å². The molecule has 2 heterocycles. The quantitative estimate of drug-likeness (QED) is 0.633. The fraction of sp³-hybridized carbons (Fsp3) is 0.333. The normalized spacial score (nSPS) is 17.4. The molecule has 3 N–H and O–H groups in total. The number of likely N-dealkylation sites (tertiary alicyclic amines) is 1. The predicted molar refractivity (Wildman–Crippen MR) is 110 cm³/mol. The van der Waals surface area contributed by atoms with E-state index < -0.39 is 6.09 Å². The summed E-state index contributed by atoms with van der Waals surface area (Å²) in [5, 5.41) is 14.3. The number of ether oxygens (including phenoxy) is 1. The molecule has 1 fully saturated rings. The molecule has 1 aliphatic rings. The molecule has 7 heteroatoms. The van der Waals surface area contributed by atoms with Crippen molar-refractivity contribution >= 4 is 22.7 Å². The molecule has 7 nitrogen and oxygen atoms in total. The van der Waals surface area contributed by atoms with E-state index in [1.165, 1.54) is 18.4 Å². The Morgan fingerprint density at radius 3 is 2.96 bits per heavy atom. The van der Waals surface area contributed by atoms with E-state index in [4.69, 9.17) is 4.74 Å². The number of amides is 1. The minimum Gasteiger partial charge on any atom is -0.410 e. The maximum atomic E-state index is 11.3. The van der Waals surface area contributed by atoms with Gasteiger partial charge in [0.1, 0.15) is 5.75 Å². The third-order valence-electron chi connectivity index (χ3n) is 5.06. The van der Waals surface area contributed by atoms with Gasteiger partial charge >= 0.3 is 6.09 Å². The first kappa shape index (κ1) is 18.3. The van der Waals surface area contributed by atoms with Gasteiger partial charge in [0.25, 0.3) is 0 Å². The molecule has 0 radical (unpaired) electrons. The van der Waals surface area contributed by atoms with Gasteiger partial charge in [0.15, 0.2) is 0 Å². The lowest BCUT2D eigenvalue weighted by molar-refractivity contribution is 0.202. The molecule has 0 spiro atoms. The van der Waals surface area contributed by atoms with Gasteiger partial charge in [0.2, 0.25) is 0 Å². The number of carbonyl (C=O) groups excluding carboxylic acids is 1. The minimum atomic E-state index is -0.452. The molecule has 1 aliphatic heterocycles. The number of nitrogens with one attached hydrogen (secondary N) is 3. The highest BCUT2D eigenvalue weighted by molar-refractivity contribution is 5.81. The van der Waals surface area contributed by atoms with Crippen LogP contribution in [0.15, 0.2) is 48.7 Å². The summed E-state index contributed by atoms with van der Waals surface area (Å²) in [5.74, 6) is 0.552. The largest absolute Gasteiger partial charge is 0.412 e. The van der Waals surface area contributed by atoms with Crippen molar-refractivity contribution in [2.45, 2.75) is 25.4 Å². The Labute approximate surface area is 164 Å². The van der Waals surface area contributed by atoms with Gasteiger partial charge in [-0.25, -0.2) is 4.79 Å². The molecule has 0 saturated carbocycles. The number of anilines is 1. The van der Waals surface area contributed by atoms with Crippen LogP contribution in [-0.2, 0) is 6.54 Å². The summed E-state index contributed by atoms with van der Waals surface area (Å²) >= 11 is 0. The molecule has 1 aromatic heterocycles. The number of fused-ring (bicyclic) bond motifs is 1. The van der Waals surface area contributed by atoms with E-state index in [1.54, 1.807) is 7.05 Å². The number of hydrogen-bond acceptors (Lipinski definition) is 5. The van der Waals surface area contributed by atoms with E-state index >= 15 is 0 Å². The Bertz CT molecular complexity index is 937. The predicted octanol–water partition coefficient (Wildman–Crippen LogP) is 3.36. The maximum Gasteiger partial charge on any atom is 0.412 e. The average Bonchev–Trinajstić information content (AvgIpc) is 3.17. The summed E-state index contributed by atoms with van der Waals surface area (Å²) in [6.07, 6.45) is 3.74. The second kappa shape index (κ2) is 8.31. The zero-order valence-corrected chi connectivity index (χ0v) is 15.9. The molecule has 28 heavy (non-hydrogen) atoms. The van der Waals surface area contributed by atoms with E-state index in [1.807, 2.05) is 30.5 Å². The number of benzene rings is 2. The summed E-state index contributed by atoms with van der Waals surface area (Å²) in [7, 11) is 1.55. The lowest BCUT2D eigenvalue weighted by Crippen LogP contribution is -2.41. The van der Waals surface area contributed by atoms with Crippen LogP contribution in [0.25, 0.3) is 10.9 Å². The molecule has 4 rings (SSSR count). The summed E-state index contributed by atoms with van der Waals surface area (Å²) in [4.78, 5) is 13.7. The third kappa shape index (κ3) is 4.43.